The third-order valence-corrected chi connectivity index (χ3v) is 6.94. The molecule has 0 aliphatic carbocycles. The molecule has 0 N–H and O–H groups in total. The number of piperazine rings is 1. The summed E-state index contributed by atoms with van der Waals surface area (Å²) >= 11 is 1.60. The minimum atomic E-state index is 0.159. The molecule has 0 saturated carbocycles. The number of hydrogen-bond donors (Lipinski definition) is 0. The van der Waals surface area contributed by atoms with Crippen molar-refractivity contribution in [3.05, 3.63) is 107 Å². The van der Waals surface area contributed by atoms with Gasteiger partial charge in [0, 0.05) is 30.9 Å². The van der Waals surface area contributed by atoms with E-state index in [9.17, 15) is 4.79 Å². The van der Waals surface area contributed by atoms with E-state index >= 15 is 0 Å². The molecule has 1 aliphatic rings. The van der Waals surface area contributed by atoms with Gasteiger partial charge in [-0.15, -0.1) is 11.3 Å². The van der Waals surface area contributed by atoms with Crippen LogP contribution in [0.3, 0.4) is 0 Å². The van der Waals surface area contributed by atoms with Gasteiger partial charge in [0.1, 0.15) is 0 Å². The van der Waals surface area contributed by atoms with Crippen LogP contribution in [-0.2, 0) is 0 Å². The second-order valence-electron chi connectivity index (χ2n) is 7.70. The lowest BCUT2D eigenvalue weighted by molar-refractivity contribution is 0.0602. The van der Waals surface area contributed by atoms with E-state index < -0.39 is 0 Å². The Kier molecular flexibility index (Phi) is 5.35. The molecule has 150 valence electrons. The van der Waals surface area contributed by atoms with Gasteiger partial charge in [0.25, 0.3) is 5.91 Å². The number of hydrogen-bond acceptors (Lipinski definition) is 3. The van der Waals surface area contributed by atoms with E-state index in [4.69, 9.17) is 0 Å². The molecule has 5 rings (SSSR count). The lowest BCUT2D eigenvalue weighted by atomic mass is 9.96. The fourth-order valence-corrected chi connectivity index (χ4v) is 5.34. The number of thiophene rings is 1. The molecule has 4 heteroatoms. The van der Waals surface area contributed by atoms with Crippen molar-refractivity contribution in [3.8, 4) is 0 Å². The van der Waals surface area contributed by atoms with E-state index in [-0.39, 0.29) is 11.9 Å². The van der Waals surface area contributed by atoms with Crippen molar-refractivity contribution in [2.75, 3.05) is 26.2 Å². The molecule has 1 aromatic heterocycles. The summed E-state index contributed by atoms with van der Waals surface area (Å²) in [7, 11) is 0. The zero-order chi connectivity index (χ0) is 20.3. The van der Waals surface area contributed by atoms with E-state index in [1.54, 1.807) is 11.3 Å². The van der Waals surface area contributed by atoms with Gasteiger partial charge < -0.3 is 4.90 Å². The van der Waals surface area contributed by atoms with Crippen molar-refractivity contribution in [1.82, 2.24) is 9.80 Å². The monoisotopic (exact) mass is 412 g/mol. The highest BCUT2D eigenvalue weighted by Crippen LogP contribution is 2.31. The van der Waals surface area contributed by atoms with E-state index in [1.165, 1.54) is 15.8 Å². The van der Waals surface area contributed by atoms with Gasteiger partial charge in [-0.2, -0.15) is 0 Å². The largest absolute Gasteiger partial charge is 0.335 e. The number of fused-ring (bicyclic) bond motifs is 1. The number of carbonyl (C=O) groups is 1. The van der Waals surface area contributed by atoms with E-state index in [0.717, 1.165) is 36.4 Å². The molecular weight excluding hydrogens is 388 g/mol. The van der Waals surface area contributed by atoms with Crippen molar-refractivity contribution in [2.45, 2.75) is 6.04 Å². The number of carbonyl (C=O) groups excluding carboxylic acids is 1. The standard InChI is InChI=1S/C26H24N2OS/c29-26(24-19-22-13-7-8-14-23(22)30-24)28-17-15-27(16-18-28)25(20-9-3-1-4-10-20)21-11-5-2-6-12-21/h1-14,19,25H,15-18H2. The normalized spacial score (nSPS) is 15.0. The average Bonchev–Trinajstić information content (AvgIpc) is 3.25. The molecule has 0 unspecified atom stereocenters. The Balaban J connectivity index is 1.34. The van der Waals surface area contributed by atoms with Crippen LogP contribution in [-0.4, -0.2) is 41.9 Å². The van der Waals surface area contributed by atoms with Crippen molar-refractivity contribution < 1.29 is 4.79 Å². The predicted octanol–water partition coefficient (Wildman–Crippen LogP) is 5.45. The molecule has 30 heavy (non-hydrogen) atoms. The Morgan fingerprint density at radius 3 is 1.90 bits per heavy atom. The minimum Gasteiger partial charge on any atom is -0.335 e. The van der Waals surface area contributed by atoms with Crippen LogP contribution in [0.4, 0.5) is 0 Å². The highest BCUT2D eigenvalue weighted by atomic mass is 32.1. The van der Waals surface area contributed by atoms with Crippen LogP contribution in [0, 0.1) is 0 Å². The quantitative estimate of drug-likeness (QED) is 0.445. The molecule has 0 spiro atoms. The van der Waals surface area contributed by atoms with Gasteiger partial charge in [0.05, 0.1) is 10.9 Å². The molecule has 0 bridgehead atoms. The first kappa shape index (κ1) is 19.0. The summed E-state index contributed by atoms with van der Waals surface area (Å²) < 4.78 is 1.17. The predicted molar refractivity (Wildman–Crippen MR) is 124 cm³/mol. The molecule has 0 atom stereocenters. The molecule has 1 fully saturated rings. The second kappa shape index (κ2) is 8.42. The summed E-state index contributed by atoms with van der Waals surface area (Å²) in [5.41, 5.74) is 2.60. The van der Waals surface area contributed by atoms with Crippen LogP contribution in [0.2, 0.25) is 0 Å². The zero-order valence-electron chi connectivity index (χ0n) is 16.8. The fourth-order valence-electron chi connectivity index (χ4n) is 4.31. The van der Waals surface area contributed by atoms with Gasteiger partial charge >= 0.3 is 0 Å². The Bertz CT molecular complexity index is 1060. The topological polar surface area (TPSA) is 23.6 Å². The smallest absolute Gasteiger partial charge is 0.264 e. The van der Waals surface area contributed by atoms with Gasteiger partial charge in [-0.05, 0) is 28.6 Å². The number of rotatable bonds is 4. The molecular formula is C26H24N2OS. The average molecular weight is 413 g/mol. The molecule has 0 radical (unpaired) electrons. The van der Waals surface area contributed by atoms with Crippen LogP contribution in [0.5, 0.6) is 0 Å². The number of benzene rings is 3. The zero-order valence-corrected chi connectivity index (χ0v) is 17.6. The van der Waals surface area contributed by atoms with Crippen molar-refractivity contribution >= 4 is 27.3 Å². The van der Waals surface area contributed by atoms with Crippen LogP contribution in [0.25, 0.3) is 10.1 Å². The minimum absolute atomic E-state index is 0.159. The first-order valence-electron chi connectivity index (χ1n) is 10.4. The van der Waals surface area contributed by atoms with E-state index in [1.807, 2.05) is 23.1 Å². The maximum absolute atomic E-state index is 13.1. The highest BCUT2D eigenvalue weighted by Gasteiger charge is 2.29. The second-order valence-corrected chi connectivity index (χ2v) is 8.78. The lowest BCUT2D eigenvalue weighted by Crippen LogP contribution is -2.49. The molecule has 2 heterocycles. The number of amides is 1. The first-order chi connectivity index (χ1) is 14.8. The Labute approximate surface area is 181 Å². The molecule has 3 aromatic carbocycles. The van der Waals surface area contributed by atoms with Gasteiger partial charge in [-0.3, -0.25) is 9.69 Å². The Morgan fingerprint density at radius 1 is 0.733 bits per heavy atom. The van der Waals surface area contributed by atoms with E-state index in [2.05, 4.69) is 77.7 Å². The summed E-state index contributed by atoms with van der Waals surface area (Å²) in [6.45, 7) is 3.24. The van der Waals surface area contributed by atoms with Crippen LogP contribution in [0.1, 0.15) is 26.8 Å². The van der Waals surface area contributed by atoms with Gasteiger partial charge in [-0.25, -0.2) is 0 Å². The van der Waals surface area contributed by atoms with Crippen molar-refractivity contribution in [3.63, 3.8) is 0 Å². The van der Waals surface area contributed by atoms with Crippen molar-refractivity contribution in [2.24, 2.45) is 0 Å². The van der Waals surface area contributed by atoms with Gasteiger partial charge in [-0.1, -0.05) is 78.9 Å². The summed E-state index contributed by atoms with van der Waals surface area (Å²) in [5.74, 6) is 0.159. The maximum atomic E-state index is 13.1. The first-order valence-corrected chi connectivity index (χ1v) is 11.2. The summed E-state index contributed by atoms with van der Waals surface area (Å²) in [5, 5.41) is 1.15. The molecule has 1 aliphatic heterocycles. The Hall–Kier alpha value is -2.95. The van der Waals surface area contributed by atoms with Crippen LogP contribution < -0.4 is 0 Å². The van der Waals surface area contributed by atoms with Gasteiger partial charge in [0.15, 0.2) is 0 Å². The van der Waals surface area contributed by atoms with Crippen LogP contribution in [0.15, 0.2) is 91.0 Å². The summed E-state index contributed by atoms with van der Waals surface area (Å²) in [6, 6.07) is 31.8. The summed E-state index contributed by atoms with van der Waals surface area (Å²) in [6.07, 6.45) is 0. The number of nitrogens with zero attached hydrogens (tertiary/aromatic N) is 2. The Morgan fingerprint density at radius 2 is 1.30 bits per heavy atom. The SMILES string of the molecule is O=C(c1cc2ccccc2s1)N1CCN(C(c2ccccc2)c2ccccc2)CC1. The lowest BCUT2D eigenvalue weighted by Gasteiger charge is -2.39. The molecule has 4 aromatic rings. The maximum Gasteiger partial charge on any atom is 0.264 e. The van der Waals surface area contributed by atoms with E-state index in [0.29, 0.717) is 0 Å². The third kappa shape index (κ3) is 3.76. The molecule has 1 amide bonds. The van der Waals surface area contributed by atoms with Gasteiger partial charge in [0.2, 0.25) is 0 Å². The van der Waals surface area contributed by atoms with Crippen LogP contribution >= 0.6 is 11.3 Å². The fraction of sp³-hybridized carbons (Fsp3) is 0.192. The van der Waals surface area contributed by atoms with Crippen molar-refractivity contribution in [1.29, 1.82) is 0 Å². The third-order valence-electron chi connectivity index (χ3n) is 5.83. The highest BCUT2D eigenvalue weighted by molar-refractivity contribution is 7.20. The summed E-state index contributed by atoms with van der Waals surface area (Å²) in [4.78, 5) is 18.5. The molecule has 3 nitrogen and oxygen atoms in total. The molecule has 1 saturated heterocycles.